The van der Waals surface area contributed by atoms with Crippen molar-refractivity contribution in [1.29, 1.82) is 5.26 Å². The highest BCUT2D eigenvalue weighted by atomic mass is 127. The third kappa shape index (κ3) is 6.42. The monoisotopic (exact) mass is 650 g/mol. The molecule has 0 unspecified atom stereocenters. The minimum Gasteiger partial charge on any atom is -0.487 e. The zero-order valence-corrected chi connectivity index (χ0v) is 21.8. The maximum Gasteiger partial charge on any atom is 0.266 e. The molecule has 0 spiro atoms. The van der Waals surface area contributed by atoms with Gasteiger partial charge in [-0.15, -0.1) is 0 Å². The lowest BCUT2D eigenvalue weighted by Gasteiger charge is -2.12. The Bertz CT molecular complexity index is 1180. The number of para-hydroxylation sites is 1. The molecule has 0 fully saturated rings. The van der Waals surface area contributed by atoms with Crippen molar-refractivity contribution in [3.05, 3.63) is 95.4 Å². The fraction of sp³-hybridized carbons (Fsp3) is 0.0833. The van der Waals surface area contributed by atoms with Crippen molar-refractivity contribution < 1.29 is 9.53 Å². The summed E-state index contributed by atoms with van der Waals surface area (Å²) >= 11 is 9.19. The molecule has 3 rings (SSSR count). The van der Waals surface area contributed by atoms with Gasteiger partial charge in [0.25, 0.3) is 5.91 Å². The van der Waals surface area contributed by atoms with E-state index >= 15 is 0 Å². The number of ether oxygens (including phenoxy) is 1. The summed E-state index contributed by atoms with van der Waals surface area (Å²) in [7, 11) is 0. The molecule has 0 radical (unpaired) electrons. The molecule has 1 amide bonds. The summed E-state index contributed by atoms with van der Waals surface area (Å²) in [6.07, 6.45) is 1.55. The van der Waals surface area contributed by atoms with Gasteiger partial charge in [0.05, 0.1) is 14.6 Å². The lowest BCUT2D eigenvalue weighted by molar-refractivity contribution is -0.112. The van der Waals surface area contributed by atoms with Gasteiger partial charge in [0, 0.05) is 3.57 Å². The third-order valence-corrected chi connectivity index (χ3v) is 6.40. The van der Waals surface area contributed by atoms with Gasteiger partial charge in [-0.25, -0.2) is 0 Å². The van der Waals surface area contributed by atoms with E-state index in [1.165, 1.54) is 5.56 Å². The maximum atomic E-state index is 12.6. The molecule has 7 heteroatoms. The van der Waals surface area contributed by atoms with Gasteiger partial charge in [-0.2, -0.15) is 5.26 Å². The Kier molecular flexibility index (Phi) is 8.29. The molecular weight excluding hydrogens is 635 g/mol. The molecule has 0 aromatic heterocycles. The SMILES string of the molecule is Cc1cccc(COc2c(Br)cc(/C=C(\C#N)C(=O)Nc3ccccc3I)cc2Br)c1. The molecule has 31 heavy (non-hydrogen) atoms. The van der Waals surface area contributed by atoms with Gasteiger partial charge in [-0.05, 0) is 103 Å². The molecule has 0 saturated carbocycles. The van der Waals surface area contributed by atoms with Gasteiger partial charge >= 0.3 is 0 Å². The second kappa shape index (κ2) is 10.9. The highest BCUT2D eigenvalue weighted by Crippen LogP contribution is 2.36. The summed E-state index contributed by atoms with van der Waals surface area (Å²) < 4.78 is 8.31. The van der Waals surface area contributed by atoms with Crippen molar-refractivity contribution in [3.63, 3.8) is 0 Å². The number of aryl methyl sites for hydroxylation is 1. The highest BCUT2D eigenvalue weighted by molar-refractivity contribution is 14.1. The van der Waals surface area contributed by atoms with Gasteiger partial charge in [0.2, 0.25) is 0 Å². The van der Waals surface area contributed by atoms with Crippen LogP contribution in [0.2, 0.25) is 0 Å². The third-order valence-electron chi connectivity index (χ3n) is 4.28. The molecule has 0 atom stereocenters. The molecule has 3 aromatic carbocycles. The molecule has 0 aliphatic heterocycles. The zero-order chi connectivity index (χ0) is 22.4. The molecule has 0 aliphatic carbocycles. The van der Waals surface area contributed by atoms with Crippen molar-refractivity contribution in [2.75, 3.05) is 5.32 Å². The van der Waals surface area contributed by atoms with Crippen LogP contribution in [0.25, 0.3) is 6.08 Å². The first-order chi connectivity index (χ1) is 14.9. The summed E-state index contributed by atoms with van der Waals surface area (Å²) in [6, 6.07) is 21.1. The number of benzene rings is 3. The number of nitriles is 1. The zero-order valence-electron chi connectivity index (χ0n) is 16.5. The average Bonchev–Trinajstić information content (AvgIpc) is 2.73. The summed E-state index contributed by atoms with van der Waals surface area (Å²) in [5.74, 6) is 0.194. The first-order valence-electron chi connectivity index (χ1n) is 9.22. The number of nitrogens with one attached hydrogen (secondary N) is 1. The Hall–Kier alpha value is -2.15. The molecule has 3 aromatic rings. The Morgan fingerprint density at radius 2 is 1.84 bits per heavy atom. The average molecular weight is 652 g/mol. The fourth-order valence-corrected chi connectivity index (χ4v) is 4.80. The molecule has 4 nitrogen and oxygen atoms in total. The minimum atomic E-state index is -0.460. The number of rotatable bonds is 6. The predicted octanol–water partition coefficient (Wildman–Crippen LogP) is 7.25. The van der Waals surface area contributed by atoms with Gasteiger partial charge < -0.3 is 10.1 Å². The smallest absolute Gasteiger partial charge is 0.266 e. The summed E-state index contributed by atoms with van der Waals surface area (Å²) in [4.78, 5) is 12.6. The van der Waals surface area contributed by atoms with E-state index in [0.29, 0.717) is 23.6 Å². The van der Waals surface area contributed by atoms with Crippen LogP contribution in [-0.4, -0.2) is 5.91 Å². The van der Waals surface area contributed by atoms with E-state index < -0.39 is 5.91 Å². The van der Waals surface area contributed by atoms with E-state index in [0.717, 1.165) is 18.1 Å². The molecule has 0 saturated heterocycles. The van der Waals surface area contributed by atoms with Crippen molar-refractivity contribution >= 4 is 72.1 Å². The Balaban J connectivity index is 1.78. The Morgan fingerprint density at radius 1 is 1.13 bits per heavy atom. The molecule has 0 bridgehead atoms. The van der Waals surface area contributed by atoms with Crippen molar-refractivity contribution in [1.82, 2.24) is 0 Å². The molecule has 156 valence electrons. The quantitative estimate of drug-likeness (QED) is 0.174. The number of amides is 1. The van der Waals surface area contributed by atoms with E-state index in [4.69, 9.17) is 4.74 Å². The van der Waals surface area contributed by atoms with Crippen LogP contribution in [0.4, 0.5) is 5.69 Å². The van der Waals surface area contributed by atoms with Crippen LogP contribution in [0.1, 0.15) is 16.7 Å². The number of anilines is 1. The van der Waals surface area contributed by atoms with Crippen LogP contribution in [0.15, 0.2) is 75.2 Å². The van der Waals surface area contributed by atoms with Crippen LogP contribution in [0.5, 0.6) is 5.75 Å². The molecule has 1 N–H and O–H groups in total. The number of halogens is 3. The number of carbonyl (C=O) groups is 1. The van der Waals surface area contributed by atoms with Crippen LogP contribution >= 0.6 is 54.5 Å². The Morgan fingerprint density at radius 3 is 2.48 bits per heavy atom. The van der Waals surface area contributed by atoms with Crippen LogP contribution in [0, 0.1) is 21.8 Å². The van der Waals surface area contributed by atoms with Crippen LogP contribution < -0.4 is 10.1 Å². The lowest BCUT2D eigenvalue weighted by atomic mass is 10.1. The number of nitrogens with zero attached hydrogens (tertiary/aromatic N) is 1. The van der Waals surface area contributed by atoms with Gasteiger partial charge in [-0.1, -0.05) is 42.0 Å². The Labute approximate surface area is 211 Å². The van der Waals surface area contributed by atoms with Gasteiger partial charge in [-0.3, -0.25) is 4.79 Å². The number of hydrogen-bond donors (Lipinski definition) is 1. The first kappa shape index (κ1) is 23.5. The summed E-state index contributed by atoms with van der Waals surface area (Å²) in [6.45, 7) is 2.47. The summed E-state index contributed by atoms with van der Waals surface area (Å²) in [5.41, 5.74) is 3.61. The van der Waals surface area contributed by atoms with Crippen molar-refractivity contribution in [3.8, 4) is 11.8 Å². The predicted molar refractivity (Wildman–Crippen MR) is 139 cm³/mol. The van der Waals surface area contributed by atoms with Gasteiger partial charge in [0.1, 0.15) is 24.0 Å². The number of hydrogen-bond acceptors (Lipinski definition) is 3. The fourth-order valence-electron chi connectivity index (χ4n) is 2.83. The molecule has 0 heterocycles. The second-order valence-electron chi connectivity index (χ2n) is 6.70. The lowest BCUT2D eigenvalue weighted by Crippen LogP contribution is -2.14. The van der Waals surface area contributed by atoms with E-state index in [1.807, 2.05) is 61.5 Å². The largest absolute Gasteiger partial charge is 0.487 e. The standard InChI is InChI=1S/C24H17Br2IN2O2/c1-15-5-4-6-16(9-15)14-31-23-19(25)11-17(12-20(23)26)10-18(13-28)24(30)29-22-8-3-2-7-21(22)27/h2-12H,14H2,1H3,(H,29,30)/b18-10+. The molecular formula is C24H17Br2IN2O2. The normalized spacial score (nSPS) is 11.0. The number of carbonyl (C=O) groups excluding carboxylic acids is 1. The van der Waals surface area contributed by atoms with E-state index in [1.54, 1.807) is 12.1 Å². The topological polar surface area (TPSA) is 62.1 Å². The van der Waals surface area contributed by atoms with Crippen LogP contribution in [0.3, 0.4) is 0 Å². The van der Waals surface area contributed by atoms with E-state index in [9.17, 15) is 10.1 Å². The second-order valence-corrected chi connectivity index (χ2v) is 9.57. The van der Waals surface area contributed by atoms with E-state index in [-0.39, 0.29) is 5.57 Å². The van der Waals surface area contributed by atoms with Crippen molar-refractivity contribution in [2.24, 2.45) is 0 Å². The van der Waals surface area contributed by atoms with Gasteiger partial charge in [0.15, 0.2) is 0 Å². The molecule has 0 aliphatic rings. The van der Waals surface area contributed by atoms with Crippen molar-refractivity contribution in [2.45, 2.75) is 13.5 Å². The van der Waals surface area contributed by atoms with Crippen LogP contribution in [-0.2, 0) is 11.4 Å². The minimum absolute atomic E-state index is 0.00637. The maximum absolute atomic E-state index is 12.6. The van der Waals surface area contributed by atoms with E-state index in [2.05, 4.69) is 65.8 Å². The highest BCUT2D eigenvalue weighted by Gasteiger charge is 2.13. The summed E-state index contributed by atoms with van der Waals surface area (Å²) in [5, 5.41) is 12.3. The first-order valence-corrected chi connectivity index (χ1v) is 11.9.